The van der Waals surface area contributed by atoms with E-state index in [1.165, 1.54) is 0 Å². The van der Waals surface area contributed by atoms with E-state index in [0.29, 0.717) is 26.1 Å². The third-order valence-corrected chi connectivity index (χ3v) is 4.43. The molecule has 0 aliphatic rings. The fourth-order valence-corrected chi connectivity index (χ4v) is 3.23. The lowest BCUT2D eigenvalue weighted by molar-refractivity contribution is -0.155. The topological polar surface area (TPSA) is 102 Å². The maximum atomic E-state index is 12.3. The van der Waals surface area contributed by atoms with Crippen LogP contribution < -0.4 is 5.23 Å². The minimum atomic E-state index is -0.740. The number of nitrogens with zero attached hydrogens (tertiary/aromatic N) is 1. The third-order valence-electron chi connectivity index (χ3n) is 4.43. The Balaban J connectivity index is 2.92. The molecule has 0 bridgehead atoms. The minimum absolute atomic E-state index is 0.0367. The molecule has 0 amide bonds. The van der Waals surface area contributed by atoms with Crippen LogP contribution in [-0.4, -0.2) is 71.1 Å². The molecular weight excluding hydrogens is 371 g/mol. The van der Waals surface area contributed by atoms with Crippen molar-refractivity contribution in [3.8, 4) is 0 Å². The molecule has 0 radical (unpaired) electrons. The summed E-state index contributed by atoms with van der Waals surface area (Å²) in [5.41, 5.74) is 2.70. The van der Waals surface area contributed by atoms with Gasteiger partial charge in [0.05, 0.1) is 19.6 Å². The highest BCUT2D eigenvalue weighted by Crippen LogP contribution is 2.17. The van der Waals surface area contributed by atoms with E-state index < -0.39 is 12.7 Å². The number of aryl methyl sites for hydroxylation is 1. The molecule has 0 saturated heterocycles. The summed E-state index contributed by atoms with van der Waals surface area (Å²) < 4.78 is 5.43. The Morgan fingerprint density at radius 2 is 1.86 bits per heavy atom. The summed E-state index contributed by atoms with van der Waals surface area (Å²) in [6, 6.07) is 5.90. The first kappa shape index (κ1) is 25.6. The van der Waals surface area contributed by atoms with Gasteiger partial charge in [0.15, 0.2) is 0 Å². The fourth-order valence-electron chi connectivity index (χ4n) is 3.23. The molecule has 0 unspecified atom stereocenters. The summed E-state index contributed by atoms with van der Waals surface area (Å²) in [4.78, 5) is 14.3. The van der Waals surface area contributed by atoms with Gasteiger partial charge in [-0.25, -0.2) is 0 Å². The molecular formula is C21H37BN2O5. The van der Waals surface area contributed by atoms with Crippen LogP contribution in [0.25, 0.3) is 0 Å². The lowest BCUT2D eigenvalue weighted by atomic mass is 9.85. The molecule has 0 heterocycles. The molecule has 1 aromatic carbocycles. The summed E-state index contributed by atoms with van der Waals surface area (Å²) >= 11 is 0. The normalized spacial score (nSPS) is 12.9. The van der Waals surface area contributed by atoms with Crippen molar-refractivity contribution in [2.24, 2.45) is 0 Å². The molecule has 0 saturated carbocycles. The van der Waals surface area contributed by atoms with Crippen molar-refractivity contribution < 1.29 is 24.8 Å². The zero-order valence-electron chi connectivity index (χ0n) is 18.4. The van der Waals surface area contributed by atoms with E-state index in [1.54, 1.807) is 6.82 Å². The monoisotopic (exact) mass is 408 g/mol. The maximum Gasteiger partial charge on any atom is 0.373 e. The second-order valence-electron chi connectivity index (χ2n) is 8.52. The van der Waals surface area contributed by atoms with E-state index in [1.807, 2.05) is 44.7 Å². The first-order chi connectivity index (χ1) is 13.5. The number of hydrogen-bond acceptors (Lipinski definition) is 7. The van der Waals surface area contributed by atoms with Crippen LogP contribution in [-0.2, 0) is 22.5 Å². The Kier molecular flexibility index (Phi) is 10.9. The lowest BCUT2D eigenvalue weighted by Gasteiger charge is -2.24. The van der Waals surface area contributed by atoms with Gasteiger partial charge in [0.1, 0.15) is 5.60 Å². The second kappa shape index (κ2) is 12.3. The third kappa shape index (κ3) is 10.8. The number of ether oxygens (including phenoxy) is 1. The van der Waals surface area contributed by atoms with E-state index in [2.05, 4.69) is 11.3 Å². The van der Waals surface area contributed by atoms with Gasteiger partial charge in [-0.1, -0.05) is 18.2 Å². The number of rotatable bonds is 12. The van der Waals surface area contributed by atoms with Crippen molar-refractivity contribution in [3.63, 3.8) is 0 Å². The average molecular weight is 408 g/mol. The Morgan fingerprint density at radius 1 is 1.24 bits per heavy atom. The molecule has 7 nitrogen and oxygen atoms in total. The SMILES string of the molecule is CB(O)N[C@H](CC(=O)OC(C)(C)C)Cc1cc(CN(CCO)CCO)ccc1C. The summed E-state index contributed by atoms with van der Waals surface area (Å²) in [6.07, 6.45) is 0.733. The van der Waals surface area contributed by atoms with Crippen LogP contribution in [0.3, 0.4) is 0 Å². The van der Waals surface area contributed by atoms with Crippen molar-refractivity contribution >= 4 is 13.0 Å². The number of aliphatic hydroxyl groups is 2. The Labute approximate surface area is 175 Å². The van der Waals surface area contributed by atoms with Gasteiger partial charge in [0.2, 0.25) is 0 Å². The Morgan fingerprint density at radius 3 is 2.38 bits per heavy atom. The largest absolute Gasteiger partial charge is 0.460 e. The van der Waals surface area contributed by atoms with Crippen LogP contribution >= 0.6 is 0 Å². The van der Waals surface area contributed by atoms with Crippen molar-refractivity contribution in [3.05, 3.63) is 34.9 Å². The highest BCUT2D eigenvalue weighted by molar-refractivity contribution is 6.45. The molecule has 164 valence electrons. The van der Waals surface area contributed by atoms with Crippen molar-refractivity contribution in [2.75, 3.05) is 26.3 Å². The molecule has 0 fully saturated rings. The van der Waals surface area contributed by atoms with E-state index in [-0.39, 0.29) is 31.6 Å². The number of carbonyl (C=O) groups excluding carboxylic acids is 1. The number of esters is 1. The van der Waals surface area contributed by atoms with Crippen molar-refractivity contribution in [1.82, 2.24) is 10.1 Å². The molecule has 0 aromatic heterocycles. The molecule has 8 heteroatoms. The Bertz CT molecular complexity index is 628. The number of nitrogens with one attached hydrogen (secondary N) is 1. The highest BCUT2D eigenvalue weighted by Gasteiger charge is 2.23. The van der Waals surface area contributed by atoms with Gasteiger partial charge in [-0.05, 0) is 57.6 Å². The van der Waals surface area contributed by atoms with Crippen LogP contribution in [0.5, 0.6) is 0 Å². The highest BCUT2D eigenvalue weighted by atomic mass is 16.6. The summed E-state index contributed by atoms with van der Waals surface area (Å²) in [5.74, 6) is -0.304. The number of carbonyl (C=O) groups is 1. The molecule has 29 heavy (non-hydrogen) atoms. The fraction of sp³-hybridized carbons (Fsp3) is 0.667. The van der Waals surface area contributed by atoms with E-state index in [0.717, 1.165) is 16.7 Å². The van der Waals surface area contributed by atoms with Gasteiger partial charge < -0.3 is 25.2 Å². The van der Waals surface area contributed by atoms with E-state index in [4.69, 9.17) is 4.74 Å². The van der Waals surface area contributed by atoms with Gasteiger partial charge in [0.25, 0.3) is 0 Å². The quantitative estimate of drug-likeness (QED) is 0.304. The first-order valence-electron chi connectivity index (χ1n) is 10.2. The molecule has 1 rings (SSSR count). The predicted molar refractivity (Wildman–Crippen MR) is 116 cm³/mol. The molecule has 0 aliphatic carbocycles. The van der Waals surface area contributed by atoms with Gasteiger partial charge in [-0.3, -0.25) is 9.69 Å². The van der Waals surface area contributed by atoms with Gasteiger partial charge in [-0.15, -0.1) is 0 Å². The number of aliphatic hydroxyl groups excluding tert-OH is 2. The second-order valence-corrected chi connectivity index (χ2v) is 8.52. The minimum Gasteiger partial charge on any atom is -0.460 e. The lowest BCUT2D eigenvalue weighted by Crippen LogP contribution is -2.43. The maximum absolute atomic E-state index is 12.3. The number of benzene rings is 1. The first-order valence-corrected chi connectivity index (χ1v) is 10.2. The molecule has 1 aromatic rings. The summed E-state index contributed by atoms with van der Waals surface area (Å²) in [7, 11) is -0.740. The van der Waals surface area contributed by atoms with Gasteiger partial charge >= 0.3 is 13.0 Å². The molecule has 0 spiro atoms. The van der Waals surface area contributed by atoms with Gasteiger partial charge in [0, 0.05) is 25.7 Å². The van der Waals surface area contributed by atoms with E-state index >= 15 is 0 Å². The molecule has 1 atom stereocenters. The van der Waals surface area contributed by atoms with Crippen LogP contribution in [0.1, 0.15) is 43.9 Å². The summed E-state index contributed by atoms with van der Waals surface area (Å²) in [5, 5.41) is 31.3. The van der Waals surface area contributed by atoms with Gasteiger partial charge in [-0.2, -0.15) is 0 Å². The average Bonchev–Trinajstić information content (AvgIpc) is 2.56. The smallest absolute Gasteiger partial charge is 0.373 e. The number of hydrogen-bond donors (Lipinski definition) is 4. The van der Waals surface area contributed by atoms with Crippen LogP contribution in [0, 0.1) is 6.92 Å². The van der Waals surface area contributed by atoms with Crippen molar-refractivity contribution in [2.45, 2.75) is 65.5 Å². The van der Waals surface area contributed by atoms with E-state index in [9.17, 15) is 20.0 Å². The zero-order chi connectivity index (χ0) is 22.0. The molecule has 4 N–H and O–H groups in total. The zero-order valence-corrected chi connectivity index (χ0v) is 18.4. The van der Waals surface area contributed by atoms with Crippen LogP contribution in [0.2, 0.25) is 6.82 Å². The van der Waals surface area contributed by atoms with Crippen LogP contribution in [0.15, 0.2) is 18.2 Å². The van der Waals surface area contributed by atoms with Crippen molar-refractivity contribution in [1.29, 1.82) is 0 Å². The summed E-state index contributed by atoms with van der Waals surface area (Å²) in [6.45, 7) is 10.8. The predicted octanol–water partition coefficient (Wildman–Crippen LogP) is 1.12. The standard InChI is InChI=1S/C21H37BN2O5/c1-16-6-7-17(15-24(8-10-25)9-11-26)12-18(16)13-19(23-22(5)28)14-20(27)29-21(2,3)4/h6-7,12,19,23,25-26,28H,8-11,13-15H2,1-5H3/t19-/m0/s1. The Hall–Kier alpha value is -1.45. The molecule has 0 aliphatic heterocycles. The van der Waals surface area contributed by atoms with Crippen LogP contribution in [0.4, 0.5) is 0 Å².